The van der Waals surface area contributed by atoms with Crippen molar-refractivity contribution >= 4 is 39.9 Å². The van der Waals surface area contributed by atoms with E-state index >= 15 is 0 Å². The third-order valence-electron chi connectivity index (χ3n) is 6.18. The van der Waals surface area contributed by atoms with Crippen molar-refractivity contribution in [2.75, 3.05) is 25.2 Å². The molecule has 1 fully saturated rings. The van der Waals surface area contributed by atoms with Crippen LogP contribution in [0.25, 0.3) is 5.76 Å². The fraction of sp³-hybridized carbons (Fsp3) is 0.310. The van der Waals surface area contributed by atoms with E-state index in [0.29, 0.717) is 34.9 Å². The van der Waals surface area contributed by atoms with Gasteiger partial charge >= 0.3 is 11.9 Å². The Bertz CT molecular complexity index is 1430. The van der Waals surface area contributed by atoms with Crippen molar-refractivity contribution in [3.63, 3.8) is 0 Å². The van der Waals surface area contributed by atoms with Gasteiger partial charge in [-0.05, 0) is 50.1 Å². The van der Waals surface area contributed by atoms with Gasteiger partial charge in [0, 0.05) is 5.56 Å². The van der Waals surface area contributed by atoms with Crippen molar-refractivity contribution < 1.29 is 33.7 Å². The van der Waals surface area contributed by atoms with Gasteiger partial charge < -0.3 is 19.3 Å². The fourth-order valence-corrected chi connectivity index (χ4v) is 5.24. The maximum atomic E-state index is 13.5. The Morgan fingerprint density at radius 3 is 2.56 bits per heavy atom. The lowest BCUT2D eigenvalue weighted by Crippen LogP contribution is -2.29. The van der Waals surface area contributed by atoms with Crippen molar-refractivity contribution in [1.82, 2.24) is 4.98 Å². The molecule has 1 aromatic heterocycles. The molecule has 9 nitrogen and oxygen atoms in total. The Morgan fingerprint density at radius 2 is 1.85 bits per heavy atom. The summed E-state index contributed by atoms with van der Waals surface area (Å²) in [5.74, 6) is -1.61. The van der Waals surface area contributed by atoms with E-state index in [0.717, 1.165) is 24.2 Å². The number of rotatable bonds is 10. The molecule has 2 aromatic carbocycles. The molecule has 204 valence electrons. The summed E-state index contributed by atoms with van der Waals surface area (Å²) in [6, 6.07) is 12.6. The largest absolute Gasteiger partial charge is 0.507 e. The lowest BCUT2D eigenvalue weighted by molar-refractivity contribution is -0.132. The van der Waals surface area contributed by atoms with Crippen molar-refractivity contribution in [2.45, 2.75) is 39.7 Å². The molecule has 0 radical (unpaired) electrons. The Morgan fingerprint density at radius 1 is 1.10 bits per heavy atom. The number of aryl methyl sites for hydroxylation is 1. The number of carbonyl (C=O) groups is 3. The summed E-state index contributed by atoms with van der Waals surface area (Å²) in [5, 5.41) is 11.6. The van der Waals surface area contributed by atoms with E-state index in [1.54, 1.807) is 62.4 Å². The van der Waals surface area contributed by atoms with Gasteiger partial charge in [0.25, 0.3) is 5.78 Å². The first-order chi connectivity index (χ1) is 18.8. The van der Waals surface area contributed by atoms with Crippen LogP contribution in [0.1, 0.15) is 59.2 Å². The van der Waals surface area contributed by atoms with Crippen molar-refractivity contribution in [1.29, 1.82) is 0 Å². The lowest BCUT2D eigenvalue weighted by atomic mass is 9.95. The van der Waals surface area contributed by atoms with Gasteiger partial charge in [0.1, 0.15) is 22.1 Å². The lowest BCUT2D eigenvalue weighted by Gasteiger charge is -2.23. The van der Waals surface area contributed by atoms with Gasteiger partial charge in [-0.1, -0.05) is 48.9 Å². The molecule has 1 amide bonds. The van der Waals surface area contributed by atoms with Crippen LogP contribution in [-0.4, -0.2) is 48.1 Å². The highest BCUT2D eigenvalue weighted by atomic mass is 32.1. The number of esters is 1. The maximum Gasteiger partial charge on any atom is 0.350 e. The number of carbonyl (C=O) groups excluding carboxylic acids is 3. The predicted molar refractivity (Wildman–Crippen MR) is 147 cm³/mol. The van der Waals surface area contributed by atoms with E-state index in [2.05, 4.69) is 11.9 Å². The summed E-state index contributed by atoms with van der Waals surface area (Å²) in [5.41, 5.74) is 1.12. The quantitative estimate of drug-likeness (QED) is 0.117. The minimum Gasteiger partial charge on any atom is -0.507 e. The molecule has 10 heteroatoms. The minimum absolute atomic E-state index is 0.107. The molecular formula is C29H30N2O7S. The summed E-state index contributed by atoms with van der Waals surface area (Å²) in [6.07, 6.45) is 1.84. The first-order valence-corrected chi connectivity index (χ1v) is 13.4. The van der Waals surface area contributed by atoms with Gasteiger partial charge in [-0.25, -0.2) is 9.78 Å². The molecule has 39 heavy (non-hydrogen) atoms. The fourth-order valence-electron chi connectivity index (χ4n) is 4.25. The van der Waals surface area contributed by atoms with Gasteiger partial charge in [-0.3, -0.25) is 14.5 Å². The number of aliphatic hydroxyl groups excluding tert-OH is 1. The van der Waals surface area contributed by atoms with Crippen molar-refractivity contribution in [2.24, 2.45) is 0 Å². The number of aromatic nitrogens is 1. The Hall–Kier alpha value is -4.18. The van der Waals surface area contributed by atoms with Crippen LogP contribution in [-0.2, 0) is 14.3 Å². The molecule has 0 aliphatic carbocycles. The number of methoxy groups -OCH3 is 1. The molecule has 0 saturated carbocycles. The molecule has 0 spiro atoms. The van der Waals surface area contributed by atoms with Gasteiger partial charge in [0.05, 0.1) is 37.6 Å². The summed E-state index contributed by atoms with van der Waals surface area (Å²) in [6.45, 7) is 6.08. The van der Waals surface area contributed by atoms with Crippen LogP contribution in [0.3, 0.4) is 0 Å². The smallest absolute Gasteiger partial charge is 0.350 e. The molecular weight excluding hydrogens is 520 g/mol. The van der Waals surface area contributed by atoms with Crippen LogP contribution in [0.4, 0.5) is 5.13 Å². The predicted octanol–water partition coefficient (Wildman–Crippen LogP) is 5.44. The van der Waals surface area contributed by atoms with Crippen molar-refractivity contribution in [3.8, 4) is 11.5 Å². The van der Waals surface area contributed by atoms with Crippen LogP contribution < -0.4 is 14.4 Å². The normalized spacial score (nSPS) is 16.4. The Labute approximate surface area is 230 Å². The van der Waals surface area contributed by atoms with Crippen LogP contribution in [0.2, 0.25) is 0 Å². The summed E-state index contributed by atoms with van der Waals surface area (Å²) < 4.78 is 16.3. The molecule has 1 aliphatic rings. The minimum atomic E-state index is -1.02. The summed E-state index contributed by atoms with van der Waals surface area (Å²) >= 11 is 0.954. The third kappa shape index (κ3) is 5.65. The standard InChI is InChI=1S/C29H30N2O7S/c1-5-7-14-38-21-13-9-11-19(16-21)24(32)22-23(18-10-8-12-20(15-18)36-4)31(27(34)25(22)33)29-30-17(3)26(39-29)28(35)37-6-2/h8-13,15-16,23,32H,5-7,14H2,1-4H3/b24-22+. The van der Waals surface area contributed by atoms with Crippen LogP contribution >= 0.6 is 11.3 Å². The van der Waals surface area contributed by atoms with Crippen LogP contribution in [0, 0.1) is 6.92 Å². The number of hydrogen-bond acceptors (Lipinski definition) is 9. The molecule has 0 bridgehead atoms. The second-order valence-electron chi connectivity index (χ2n) is 8.81. The topological polar surface area (TPSA) is 115 Å². The zero-order valence-electron chi connectivity index (χ0n) is 22.2. The second-order valence-corrected chi connectivity index (χ2v) is 9.78. The van der Waals surface area contributed by atoms with E-state index in [9.17, 15) is 19.5 Å². The van der Waals surface area contributed by atoms with Crippen molar-refractivity contribution in [3.05, 3.63) is 75.8 Å². The molecule has 4 rings (SSSR count). The second kappa shape index (κ2) is 12.1. The van der Waals surface area contributed by atoms with Gasteiger partial charge in [-0.2, -0.15) is 0 Å². The highest BCUT2D eigenvalue weighted by Gasteiger charge is 2.48. The highest BCUT2D eigenvalue weighted by molar-refractivity contribution is 7.17. The van der Waals surface area contributed by atoms with E-state index in [4.69, 9.17) is 14.2 Å². The van der Waals surface area contributed by atoms with Gasteiger partial charge in [0.15, 0.2) is 5.13 Å². The first-order valence-electron chi connectivity index (χ1n) is 12.6. The molecule has 1 N–H and O–H groups in total. The number of amides is 1. The number of unbranched alkanes of at least 4 members (excludes halogenated alkanes) is 1. The molecule has 2 heterocycles. The molecule has 1 aliphatic heterocycles. The van der Waals surface area contributed by atoms with E-state index in [1.165, 1.54) is 12.0 Å². The number of hydrogen-bond donors (Lipinski definition) is 1. The number of ether oxygens (including phenoxy) is 3. The number of benzene rings is 2. The average molecular weight is 551 g/mol. The SMILES string of the molecule is CCCCOc1cccc(/C(O)=C2\C(=O)C(=O)N(c3nc(C)c(C(=O)OCC)s3)C2c2cccc(OC)c2)c1. The zero-order valence-corrected chi connectivity index (χ0v) is 23.0. The van der Waals surface area contributed by atoms with Crippen LogP contribution in [0.5, 0.6) is 11.5 Å². The van der Waals surface area contributed by atoms with E-state index < -0.39 is 23.7 Å². The molecule has 1 atom stereocenters. The van der Waals surface area contributed by atoms with Gasteiger partial charge in [0.2, 0.25) is 0 Å². The van der Waals surface area contributed by atoms with Crippen LogP contribution in [0.15, 0.2) is 54.1 Å². The number of ketones is 1. The number of aliphatic hydroxyl groups is 1. The zero-order chi connectivity index (χ0) is 28.1. The highest BCUT2D eigenvalue weighted by Crippen LogP contribution is 2.44. The van der Waals surface area contributed by atoms with E-state index in [-0.39, 0.29) is 27.9 Å². The monoisotopic (exact) mass is 550 g/mol. The summed E-state index contributed by atoms with van der Waals surface area (Å²) in [4.78, 5) is 45.3. The summed E-state index contributed by atoms with van der Waals surface area (Å²) in [7, 11) is 1.51. The first kappa shape index (κ1) is 27.8. The van der Waals surface area contributed by atoms with E-state index in [1.807, 2.05) is 0 Å². The number of anilines is 1. The Balaban J connectivity index is 1.86. The number of Topliss-reactive ketones (excluding diaryl/α,β-unsaturated/α-hetero) is 1. The average Bonchev–Trinajstić information content (AvgIpc) is 3.45. The number of thiazole rings is 1. The van der Waals surface area contributed by atoms with Gasteiger partial charge in [-0.15, -0.1) is 0 Å². The molecule has 1 saturated heterocycles. The Kier molecular flexibility index (Phi) is 8.65. The molecule has 3 aromatic rings. The molecule has 1 unspecified atom stereocenters. The maximum absolute atomic E-state index is 13.5. The third-order valence-corrected chi connectivity index (χ3v) is 7.32. The number of nitrogens with zero attached hydrogens (tertiary/aromatic N) is 2.